The second-order valence-electron chi connectivity index (χ2n) is 5.06. The molecule has 0 aliphatic heterocycles. The molecule has 112 valence electrons. The van der Waals surface area contributed by atoms with E-state index in [-0.39, 0.29) is 11.9 Å². The van der Waals surface area contributed by atoms with Gasteiger partial charge in [0.05, 0.1) is 6.04 Å². The van der Waals surface area contributed by atoms with Gasteiger partial charge in [0.15, 0.2) is 0 Å². The Morgan fingerprint density at radius 3 is 2.62 bits per heavy atom. The van der Waals surface area contributed by atoms with E-state index in [1.807, 2.05) is 24.3 Å². The van der Waals surface area contributed by atoms with Crippen LogP contribution in [0.4, 0.5) is 4.39 Å². The molecule has 0 saturated carbocycles. The van der Waals surface area contributed by atoms with Gasteiger partial charge in [0.1, 0.15) is 5.82 Å². The van der Waals surface area contributed by atoms with Gasteiger partial charge >= 0.3 is 0 Å². The van der Waals surface area contributed by atoms with Crippen molar-refractivity contribution >= 4 is 27.5 Å². The first-order chi connectivity index (χ1) is 10.0. The first kappa shape index (κ1) is 16.5. The van der Waals surface area contributed by atoms with Gasteiger partial charge in [-0.1, -0.05) is 52.7 Å². The van der Waals surface area contributed by atoms with Crippen molar-refractivity contribution in [1.29, 1.82) is 0 Å². The number of benzene rings is 2. The molecule has 2 aromatic rings. The molecule has 2 aromatic carbocycles. The van der Waals surface area contributed by atoms with Crippen LogP contribution >= 0.6 is 27.5 Å². The smallest absolute Gasteiger partial charge is 0.126 e. The predicted octanol–water partition coefficient (Wildman–Crippen LogP) is 5.64. The second kappa shape index (κ2) is 7.39. The van der Waals surface area contributed by atoms with Crippen molar-refractivity contribution in [3.05, 3.63) is 68.4 Å². The van der Waals surface area contributed by atoms with Crippen LogP contribution in [0.25, 0.3) is 0 Å². The van der Waals surface area contributed by atoms with Crippen LogP contribution in [0.1, 0.15) is 36.1 Å². The van der Waals surface area contributed by atoms with E-state index in [9.17, 15) is 4.39 Å². The molecule has 0 aliphatic rings. The lowest BCUT2D eigenvalue weighted by Crippen LogP contribution is -2.23. The van der Waals surface area contributed by atoms with Crippen molar-refractivity contribution in [3.8, 4) is 0 Å². The summed E-state index contributed by atoms with van der Waals surface area (Å²) in [5.41, 5.74) is 2.49. The van der Waals surface area contributed by atoms with E-state index in [4.69, 9.17) is 11.6 Å². The normalized spacial score (nSPS) is 12.4. The predicted molar refractivity (Wildman–Crippen MR) is 90.4 cm³/mol. The Balaban J connectivity index is 2.44. The minimum Gasteiger partial charge on any atom is -0.306 e. The molecule has 4 heteroatoms. The molecule has 0 amide bonds. The maximum absolute atomic E-state index is 13.9. The molecule has 2 rings (SSSR count). The molecule has 0 aromatic heterocycles. The largest absolute Gasteiger partial charge is 0.306 e. The fourth-order valence-corrected chi connectivity index (χ4v) is 3.00. The Kier molecular flexibility index (Phi) is 5.80. The summed E-state index contributed by atoms with van der Waals surface area (Å²) >= 11 is 9.77. The monoisotopic (exact) mass is 369 g/mol. The number of hydrogen-bond acceptors (Lipinski definition) is 1. The van der Waals surface area contributed by atoms with Crippen molar-refractivity contribution in [1.82, 2.24) is 5.32 Å². The van der Waals surface area contributed by atoms with Gasteiger partial charge in [-0.15, -0.1) is 0 Å². The first-order valence-corrected chi connectivity index (χ1v) is 8.14. The quantitative estimate of drug-likeness (QED) is 0.718. The number of hydrogen-bond donors (Lipinski definition) is 1. The first-order valence-electron chi connectivity index (χ1n) is 6.97. The zero-order chi connectivity index (χ0) is 15.4. The van der Waals surface area contributed by atoms with E-state index in [1.165, 1.54) is 0 Å². The van der Waals surface area contributed by atoms with Crippen LogP contribution in [0.5, 0.6) is 0 Å². The highest BCUT2D eigenvalue weighted by Gasteiger charge is 2.17. The van der Waals surface area contributed by atoms with Gasteiger partial charge in [0, 0.05) is 9.50 Å². The molecule has 0 heterocycles. The maximum Gasteiger partial charge on any atom is 0.126 e. The van der Waals surface area contributed by atoms with E-state index < -0.39 is 0 Å². The van der Waals surface area contributed by atoms with Crippen molar-refractivity contribution in [2.24, 2.45) is 0 Å². The Hall–Kier alpha value is -0.900. The molecule has 1 unspecified atom stereocenters. The fraction of sp³-hybridized carbons (Fsp3) is 0.294. The van der Waals surface area contributed by atoms with Crippen molar-refractivity contribution in [2.75, 3.05) is 6.54 Å². The molecule has 0 bridgehead atoms. The molecule has 0 spiro atoms. The highest BCUT2D eigenvalue weighted by molar-refractivity contribution is 9.10. The average molecular weight is 371 g/mol. The van der Waals surface area contributed by atoms with E-state index in [0.717, 1.165) is 28.6 Å². The number of aryl methyl sites for hydroxylation is 1. The lowest BCUT2D eigenvalue weighted by molar-refractivity contribution is 0.582. The molecule has 0 radical (unpaired) electrons. The average Bonchev–Trinajstić information content (AvgIpc) is 2.44. The summed E-state index contributed by atoms with van der Waals surface area (Å²) in [6, 6.07) is 11.0. The molecule has 1 N–H and O–H groups in total. The topological polar surface area (TPSA) is 12.0 Å². The van der Waals surface area contributed by atoms with E-state index in [0.29, 0.717) is 10.6 Å². The molecule has 0 aliphatic carbocycles. The summed E-state index contributed by atoms with van der Waals surface area (Å²) in [6.45, 7) is 4.70. The summed E-state index contributed by atoms with van der Waals surface area (Å²) in [6.07, 6.45) is 0.999. The van der Waals surface area contributed by atoms with Gasteiger partial charge in [-0.3, -0.25) is 0 Å². The minimum atomic E-state index is -0.191. The Bertz CT molecular complexity index is 630. The van der Waals surface area contributed by atoms with Gasteiger partial charge in [-0.05, 0) is 54.8 Å². The van der Waals surface area contributed by atoms with Gasteiger partial charge in [-0.25, -0.2) is 4.39 Å². The summed E-state index contributed by atoms with van der Waals surface area (Å²) in [5.74, 6) is -0.191. The zero-order valence-corrected chi connectivity index (χ0v) is 14.4. The standard InChI is InChI=1S/C17H18BrClFN/c1-3-8-21-17(12-5-4-11(2)16(20)9-12)14-7-6-13(18)10-15(14)19/h4-7,9-10,17,21H,3,8H2,1-2H3. The van der Waals surface area contributed by atoms with Gasteiger partial charge in [-0.2, -0.15) is 0 Å². The third-order valence-corrected chi connectivity index (χ3v) is 4.22. The van der Waals surface area contributed by atoms with Crippen molar-refractivity contribution in [2.45, 2.75) is 26.3 Å². The fourth-order valence-electron chi connectivity index (χ4n) is 2.22. The van der Waals surface area contributed by atoms with E-state index in [1.54, 1.807) is 19.1 Å². The molecule has 0 fully saturated rings. The van der Waals surface area contributed by atoms with Crippen LogP contribution in [0.3, 0.4) is 0 Å². The number of nitrogens with one attached hydrogen (secondary N) is 1. The lowest BCUT2D eigenvalue weighted by atomic mass is 9.97. The highest BCUT2D eigenvalue weighted by atomic mass is 79.9. The van der Waals surface area contributed by atoms with Gasteiger partial charge < -0.3 is 5.32 Å². The Morgan fingerprint density at radius 1 is 1.24 bits per heavy atom. The minimum absolute atomic E-state index is 0.111. The zero-order valence-electron chi connectivity index (χ0n) is 12.1. The number of rotatable bonds is 5. The highest BCUT2D eigenvalue weighted by Crippen LogP contribution is 2.31. The SMILES string of the molecule is CCCNC(c1ccc(C)c(F)c1)c1ccc(Br)cc1Cl. The van der Waals surface area contributed by atoms with Gasteiger partial charge in [0.25, 0.3) is 0 Å². The summed E-state index contributed by atoms with van der Waals surface area (Å²) in [7, 11) is 0. The molecular weight excluding hydrogens is 353 g/mol. The summed E-state index contributed by atoms with van der Waals surface area (Å²) in [5, 5.41) is 4.11. The Labute approximate surface area is 138 Å². The molecule has 21 heavy (non-hydrogen) atoms. The third-order valence-electron chi connectivity index (χ3n) is 3.40. The third kappa shape index (κ3) is 4.06. The van der Waals surface area contributed by atoms with Crippen LogP contribution in [0, 0.1) is 12.7 Å². The lowest BCUT2D eigenvalue weighted by Gasteiger charge is -2.21. The van der Waals surface area contributed by atoms with E-state index >= 15 is 0 Å². The van der Waals surface area contributed by atoms with Crippen molar-refractivity contribution in [3.63, 3.8) is 0 Å². The molecular formula is C17H18BrClFN. The van der Waals surface area contributed by atoms with Gasteiger partial charge in [0.2, 0.25) is 0 Å². The Morgan fingerprint density at radius 2 is 2.00 bits per heavy atom. The molecule has 1 nitrogen and oxygen atoms in total. The van der Waals surface area contributed by atoms with E-state index in [2.05, 4.69) is 28.2 Å². The van der Waals surface area contributed by atoms with Crippen LogP contribution in [0.15, 0.2) is 40.9 Å². The van der Waals surface area contributed by atoms with Crippen molar-refractivity contribution < 1.29 is 4.39 Å². The second-order valence-corrected chi connectivity index (χ2v) is 6.38. The molecule has 0 saturated heterocycles. The summed E-state index contributed by atoms with van der Waals surface area (Å²) in [4.78, 5) is 0. The van der Waals surface area contributed by atoms with Crippen LogP contribution in [-0.4, -0.2) is 6.54 Å². The van der Waals surface area contributed by atoms with Crippen LogP contribution in [0.2, 0.25) is 5.02 Å². The number of halogens is 3. The maximum atomic E-state index is 13.9. The summed E-state index contributed by atoms with van der Waals surface area (Å²) < 4.78 is 14.8. The van der Waals surface area contributed by atoms with Crippen LogP contribution < -0.4 is 5.32 Å². The molecule has 1 atom stereocenters. The van der Waals surface area contributed by atoms with Crippen LogP contribution in [-0.2, 0) is 0 Å².